The molecule has 0 saturated carbocycles. The largest absolute Gasteiger partial charge is 0.480 e. The first-order valence-electron chi connectivity index (χ1n) is 6.09. The highest BCUT2D eigenvalue weighted by Crippen LogP contribution is 2.08. The van der Waals surface area contributed by atoms with Gasteiger partial charge in [0.05, 0.1) is 0 Å². The van der Waals surface area contributed by atoms with E-state index < -0.39 is 12.0 Å². The fraction of sp³-hybridized carbons (Fsp3) is 0.500. The number of benzene rings is 1. The zero-order valence-corrected chi connectivity index (χ0v) is 11.2. The van der Waals surface area contributed by atoms with Crippen molar-refractivity contribution in [2.45, 2.75) is 45.3 Å². The Balaban J connectivity index is 2.55. The summed E-state index contributed by atoms with van der Waals surface area (Å²) in [4.78, 5) is 10.6. The molecule has 4 N–H and O–H groups in total. The highest BCUT2D eigenvalue weighted by atomic mass is 16.4. The molecule has 1 rings (SSSR count). The van der Waals surface area contributed by atoms with Gasteiger partial charge in [-0.3, -0.25) is 4.79 Å². The number of hydrogen-bond acceptors (Lipinski definition) is 3. The lowest BCUT2D eigenvalue weighted by Gasteiger charge is -2.20. The maximum Gasteiger partial charge on any atom is 0.320 e. The molecule has 0 bridgehead atoms. The third-order valence-corrected chi connectivity index (χ3v) is 2.62. The van der Waals surface area contributed by atoms with Crippen LogP contribution in [0.25, 0.3) is 0 Å². The predicted molar refractivity (Wildman–Crippen MR) is 72.3 cm³/mol. The fourth-order valence-corrected chi connectivity index (χ4v) is 1.50. The molecule has 0 saturated heterocycles. The zero-order chi connectivity index (χ0) is 13.8. The van der Waals surface area contributed by atoms with Gasteiger partial charge >= 0.3 is 5.97 Å². The molecule has 0 amide bonds. The first-order valence-corrected chi connectivity index (χ1v) is 6.09. The van der Waals surface area contributed by atoms with E-state index in [9.17, 15) is 4.79 Å². The maximum atomic E-state index is 10.6. The van der Waals surface area contributed by atoms with Crippen molar-refractivity contribution in [1.29, 1.82) is 0 Å². The molecule has 0 aliphatic carbocycles. The van der Waals surface area contributed by atoms with Crippen molar-refractivity contribution in [2.75, 3.05) is 0 Å². The van der Waals surface area contributed by atoms with E-state index in [1.807, 2.05) is 24.3 Å². The normalized spacial score (nSPS) is 13.3. The molecule has 100 valence electrons. The van der Waals surface area contributed by atoms with Crippen molar-refractivity contribution in [3.63, 3.8) is 0 Å². The standard InChI is InChI=1S/C14H22N2O2/c1-14(2,3)16-9-11-6-4-10(5-7-11)8-12(15)13(17)18/h4-7,12,16H,8-9,15H2,1-3H3,(H,17,18). The molecule has 18 heavy (non-hydrogen) atoms. The molecular weight excluding hydrogens is 228 g/mol. The van der Waals surface area contributed by atoms with E-state index in [1.165, 1.54) is 5.56 Å². The smallest absolute Gasteiger partial charge is 0.320 e. The van der Waals surface area contributed by atoms with E-state index in [1.54, 1.807) is 0 Å². The third-order valence-electron chi connectivity index (χ3n) is 2.62. The number of carbonyl (C=O) groups is 1. The summed E-state index contributed by atoms with van der Waals surface area (Å²) in [6, 6.07) is 7.04. The zero-order valence-electron chi connectivity index (χ0n) is 11.2. The Bertz CT molecular complexity index is 393. The molecule has 0 heterocycles. The second kappa shape index (κ2) is 5.98. The van der Waals surface area contributed by atoms with Gasteiger partial charge in [0.1, 0.15) is 6.04 Å². The lowest BCUT2D eigenvalue weighted by molar-refractivity contribution is -0.138. The highest BCUT2D eigenvalue weighted by Gasteiger charge is 2.12. The Hall–Kier alpha value is -1.39. The summed E-state index contributed by atoms with van der Waals surface area (Å²) in [7, 11) is 0. The molecule has 0 aliphatic heterocycles. The maximum absolute atomic E-state index is 10.6. The van der Waals surface area contributed by atoms with Gasteiger partial charge in [-0.05, 0) is 38.3 Å². The summed E-state index contributed by atoms with van der Waals surface area (Å²) < 4.78 is 0. The van der Waals surface area contributed by atoms with E-state index in [-0.39, 0.29) is 5.54 Å². The summed E-state index contributed by atoms with van der Waals surface area (Å²) in [5.74, 6) is -0.964. The van der Waals surface area contributed by atoms with Gasteiger partial charge in [-0.25, -0.2) is 0 Å². The molecule has 1 aromatic rings. The minimum absolute atomic E-state index is 0.0876. The number of carboxylic acid groups (broad SMARTS) is 1. The highest BCUT2D eigenvalue weighted by molar-refractivity contribution is 5.73. The number of rotatable bonds is 5. The molecule has 0 aromatic heterocycles. The summed E-state index contributed by atoms with van der Waals surface area (Å²) in [6.45, 7) is 7.16. The van der Waals surface area contributed by atoms with Crippen molar-refractivity contribution < 1.29 is 9.90 Å². The van der Waals surface area contributed by atoms with Gasteiger partial charge in [-0.15, -0.1) is 0 Å². The van der Waals surface area contributed by atoms with Crippen LogP contribution < -0.4 is 11.1 Å². The molecular formula is C14H22N2O2. The Morgan fingerprint density at radius 3 is 2.22 bits per heavy atom. The van der Waals surface area contributed by atoms with Gasteiger partial charge in [0, 0.05) is 12.1 Å². The number of carboxylic acids is 1. The predicted octanol–water partition coefficient (Wildman–Crippen LogP) is 1.53. The van der Waals surface area contributed by atoms with Crippen molar-refractivity contribution in [3.05, 3.63) is 35.4 Å². The Kier molecular flexibility index (Phi) is 4.87. The summed E-state index contributed by atoms with van der Waals surface area (Å²) >= 11 is 0. The van der Waals surface area contributed by atoms with Gasteiger partial charge in [0.2, 0.25) is 0 Å². The van der Waals surface area contributed by atoms with Crippen LogP contribution in [0, 0.1) is 0 Å². The van der Waals surface area contributed by atoms with Gasteiger partial charge in [-0.2, -0.15) is 0 Å². The Labute approximate surface area is 108 Å². The van der Waals surface area contributed by atoms with Crippen LogP contribution >= 0.6 is 0 Å². The van der Waals surface area contributed by atoms with Gasteiger partial charge in [0.15, 0.2) is 0 Å². The summed E-state index contributed by atoms with van der Waals surface area (Å²) in [6.07, 6.45) is 0.363. The van der Waals surface area contributed by atoms with Crippen LogP contribution in [-0.2, 0) is 17.8 Å². The van der Waals surface area contributed by atoms with Crippen molar-refractivity contribution >= 4 is 5.97 Å². The second-order valence-corrected chi connectivity index (χ2v) is 5.57. The van der Waals surface area contributed by atoms with Crippen LogP contribution in [0.4, 0.5) is 0 Å². The molecule has 0 fully saturated rings. The minimum atomic E-state index is -0.964. The molecule has 0 aliphatic rings. The van der Waals surface area contributed by atoms with E-state index in [4.69, 9.17) is 10.8 Å². The van der Waals surface area contributed by atoms with Crippen molar-refractivity contribution in [1.82, 2.24) is 5.32 Å². The topological polar surface area (TPSA) is 75.3 Å². The molecule has 4 nitrogen and oxygen atoms in total. The van der Waals surface area contributed by atoms with Crippen molar-refractivity contribution in [2.24, 2.45) is 5.73 Å². The summed E-state index contributed by atoms with van der Waals surface area (Å²) in [5, 5.41) is 12.1. The first-order chi connectivity index (χ1) is 8.28. The molecule has 1 aromatic carbocycles. The van der Waals surface area contributed by atoms with Crippen molar-refractivity contribution in [3.8, 4) is 0 Å². The molecule has 4 heteroatoms. The van der Waals surface area contributed by atoms with E-state index in [2.05, 4.69) is 26.1 Å². The van der Waals surface area contributed by atoms with Gasteiger partial charge in [-0.1, -0.05) is 24.3 Å². The van der Waals surface area contributed by atoms with Crippen LogP contribution in [0.5, 0.6) is 0 Å². The van der Waals surface area contributed by atoms with E-state index in [0.717, 1.165) is 12.1 Å². The van der Waals surface area contributed by atoms with Crippen LogP contribution in [0.15, 0.2) is 24.3 Å². The monoisotopic (exact) mass is 250 g/mol. The molecule has 0 spiro atoms. The fourth-order valence-electron chi connectivity index (χ4n) is 1.50. The Morgan fingerprint density at radius 1 is 1.28 bits per heavy atom. The lowest BCUT2D eigenvalue weighted by Crippen LogP contribution is -2.35. The minimum Gasteiger partial charge on any atom is -0.480 e. The summed E-state index contributed by atoms with van der Waals surface area (Å²) in [5.41, 5.74) is 7.70. The first kappa shape index (κ1) is 14.7. The van der Waals surface area contributed by atoms with Crippen LogP contribution in [-0.4, -0.2) is 22.7 Å². The second-order valence-electron chi connectivity index (χ2n) is 5.57. The van der Waals surface area contributed by atoms with Crippen LogP contribution in [0.1, 0.15) is 31.9 Å². The number of nitrogens with two attached hydrogens (primary N) is 1. The average molecular weight is 250 g/mol. The van der Waals surface area contributed by atoms with E-state index >= 15 is 0 Å². The van der Waals surface area contributed by atoms with Crippen LogP contribution in [0.3, 0.4) is 0 Å². The average Bonchev–Trinajstić information content (AvgIpc) is 2.27. The number of nitrogens with one attached hydrogen (secondary N) is 1. The lowest BCUT2D eigenvalue weighted by atomic mass is 10.0. The SMILES string of the molecule is CC(C)(C)NCc1ccc(CC(N)C(=O)O)cc1. The van der Waals surface area contributed by atoms with Gasteiger partial charge in [0.25, 0.3) is 0 Å². The third kappa shape index (κ3) is 5.29. The number of aliphatic carboxylic acids is 1. The molecule has 1 unspecified atom stereocenters. The number of hydrogen-bond donors (Lipinski definition) is 3. The van der Waals surface area contributed by atoms with Crippen LogP contribution in [0.2, 0.25) is 0 Å². The quantitative estimate of drug-likeness (QED) is 0.741. The molecule has 0 radical (unpaired) electrons. The van der Waals surface area contributed by atoms with E-state index in [0.29, 0.717) is 6.42 Å². The van der Waals surface area contributed by atoms with Gasteiger partial charge < -0.3 is 16.2 Å². The Morgan fingerprint density at radius 2 is 1.78 bits per heavy atom. The molecule has 1 atom stereocenters.